The van der Waals surface area contributed by atoms with E-state index in [9.17, 15) is 9.60 Å². The Hall–Kier alpha value is -9.67. The predicted octanol–water partition coefficient (Wildman–Crippen LogP) is 23.8. The topological polar surface area (TPSA) is 35.9 Å². The summed E-state index contributed by atoms with van der Waals surface area (Å²) >= 11 is 0. The molecule has 1 aliphatic carbocycles. The Kier molecular flexibility index (Phi) is 12.3. The van der Waals surface area contributed by atoms with E-state index in [-0.39, 0.29) is 59.3 Å². The summed E-state index contributed by atoms with van der Waals surface area (Å²) in [5, 5.41) is 1.97. The average Bonchev–Trinajstić information content (AvgIpc) is 1.70. The number of aromatic nitrogens is 4. The molecule has 1 aliphatic heterocycles. The van der Waals surface area contributed by atoms with Gasteiger partial charge < -0.3 is 13.9 Å². The molecule has 0 amide bonds. The Morgan fingerprint density at radius 1 is 0.459 bits per heavy atom. The molecule has 11 aromatic carbocycles. The molecule has 3 aromatic heterocycles. The van der Waals surface area contributed by atoms with Gasteiger partial charge in [0.15, 0.2) is 0 Å². The number of fused-ring (bicyclic) bond motifs is 11. The van der Waals surface area contributed by atoms with Crippen molar-refractivity contribution in [2.75, 3.05) is 0 Å². The number of hydrogen-bond donors (Lipinski definition) is 0. The van der Waals surface area contributed by atoms with Crippen LogP contribution in [-0.4, -0.2) is 14.1 Å². The van der Waals surface area contributed by atoms with Gasteiger partial charge in [0.25, 0.3) is 6.33 Å². The van der Waals surface area contributed by atoms with Gasteiger partial charge in [-0.05, 0) is 205 Å². The average molecular weight is 1470 g/mol. The third kappa shape index (κ3) is 11.3. The first-order valence-corrected chi connectivity index (χ1v) is 33.4. The quantitative estimate of drug-likeness (QED) is 0.112. The van der Waals surface area contributed by atoms with Crippen molar-refractivity contribution in [2.45, 2.75) is 130 Å². The van der Waals surface area contributed by atoms with Crippen molar-refractivity contribution in [3.8, 4) is 107 Å². The van der Waals surface area contributed by atoms with Gasteiger partial charge in [-0.25, -0.2) is 4.98 Å². The molecule has 14 aromatic rings. The molecule has 0 atom stereocenters. The van der Waals surface area contributed by atoms with Crippen LogP contribution >= 0.6 is 0 Å². The van der Waals surface area contributed by atoms with Crippen molar-refractivity contribution in [1.29, 1.82) is 0 Å². The van der Waals surface area contributed by atoms with Crippen LogP contribution in [0.2, 0.25) is 0 Å². The Labute approximate surface area is 611 Å². The van der Waals surface area contributed by atoms with E-state index >= 15 is 0 Å². The zero-order valence-electron chi connectivity index (χ0n) is 70.4. The molecule has 0 unspecified atom stereocenters. The Balaban J connectivity index is 0.00000977. The van der Waals surface area contributed by atoms with E-state index in [1.807, 2.05) is 77.5 Å². The summed E-state index contributed by atoms with van der Waals surface area (Å²) < 4.78 is 135. The molecule has 2 aliphatic rings. The van der Waals surface area contributed by atoms with Crippen molar-refractivity contribution in [1.82, 2.24) is 14.1 Å². The largest absolute Gasteiger partial charge is 0.510 e. The van der Waals surface area contributed by atoms with E-state index < -0.39 is 101 Å². The van der Waals surface area contributed by atoms with Gasteiger partial charge in [0, 0.05) is 44.3 Å². The van der Waals surface area contributed by atoms with Crippen LogP contribution in [0.3, 0.4) is 0 Å². The van der Waals surface area contributed by atoms with Crippen LogP contribution < -0.4 is 9.30 Å². The van der Waals surface area contributed by atoms with Gasteiger partial charge in [-0.3, -0.25) is 4.57 Å². The Morgan fingerprint density at radius 3 is 1.66 bits per heavy atom. The summed E-state index contributed by atoms with van der Waals surface area (Å²) in [6.07, 6.45) is 7.71. The van der Waals surface area contributed by atoms with E-state index in [1.54, 1.807) is 6.07 Å². The minimum atomic E-state index is -0.749. The first kappa shape index (κ1) is 50.6. The second kappa shape index (κ2) is 23.8. The SMILES string of the molecule is [2H]c1c([2H])c([2H])c(-c2c([2H])c(-c3cc4c5c(c3)n(-c3[c-]c(Oc6[c-]c7c(cc6)c6ccccc6n7-c6cc(C(C)(C)C)ccn6)ccc3)[c-][n+]5-c3c(-c5ccc(C(C)(C)C)cc5)cc(C(C)(C)C)cc3-c3cc5c(cc3-c3ccccc3-4)C(C)(C)CCC5(C)C)c([2H])c(-c3c([2H])c([2H])c([2H])c([2H])c3[2H])c2[2H])c([2H])c1[2H].[Pt]. The van der Waals surface area contributed by atoms with Gasteiger partial charge in [0.05, 0.1) is 34.5 Å². The van der Waals surface area contributed by atoms with E-state index in [0.29, 0.717) is 33.8 Å². The van der Waals surface area contributed by atoms with Crippen LogP contribution in [0.1, 0.15) is 148 Å². The van der Waals surface area contributed by atoms with Crippen LogP contribution in [0.15, 0.2) is 236 Å². The van der Waals surface area contributed by atoms with Crippen LogP contribution in [0.4, 0.5) is 0 Å². The van der Waals surface area contributed by atoms with E-state index in [4.69, 9.17) is 17.9 Å². The molecule has 5 nitrogen and oxygen atoms in total. The fraction of sp³-hybridized carbons (Fsp3) is 0.217. The monoisotopic (exact) mass is 1470 g/mol. The molecule has 16 rings (SSSR count). The maximum Gasteiger partial charge on any atom is 0.268 e. The summed E-state index contributed by atoms with van der Waals surface area (Å²) in [4.78, 5) is 4.93. The smallest absolute Gasteiger partial charge is 0.268 e. The van der Waals surface area contributed by atoms with Crippen LogP contribution in [-0.2, 0) is 48.1 Å². The summed E-state index contributed by atoms with van der Waals surface area (Å²) in [6.45, 7) is 29.2. The van der Waals surface area contributed by atoms with Crippen LogP contribution in [0.25, 0.3) is 128 Å². The van der Waals surface area contributed by atoms with Crippen molar-refractivity contribution in [3.05, 3.63) is 283 Å². The van der Waals surface area contributed by atoms with Gasteiger partial charge in [-0.2, -0.15) is 18.2 Å². The second-order valence-electron chi connectivity index (χ2n) is 30.5. The number of pyridine rings is 1. The van der Waals surface area contributed by atoms with Crippen LogP contribution in [0, 0.1) is 18.5 Å². The van der Waals surface area contributed by atoms with Gasteiger partial charge >= 0.3 is 0 Å². The number of nitrogens with zero attached hydrogens (tertiary/aromatic N) is 4. The molecular weight excluding hydrogens is 1370 g/mol. The molecule has 0 spiro atoms. The summed E-state index contributed by atoms with van der Waals surface area (Å²) in [5.74, 6) is 1.44. The molecule has 4 heterocycles. The number of hydrogen-bond acceptors (Lipinski definition) is 2. The summed E-state index contributed by atoms with van der Waals surface area (Å²) in [6, 6.07) is 50.0. The molecule has 0 saturated carbocycles. The molecule has 0 saturated heterocycles. The molecule has 488 valence electrons. The van der Waals surface area contributed by atoms with Gasteiger partial charge in [-0.1, -0.05) is 247 Å². The van der Waals surface area contributed by atoms with Crippen molar-refractivity contribution < 1.29 is 48.2 Å². The Morgan fingerprint density at radius 2 is 1.03 bits per heavy atom. The fourth-order valence-electron chi connectivity index (χ4n) is 14.4. The predicted molar refractivity (Wildman–Crippen MR) is 403 cm³/mol. The molecule has 0 N–H and O–H groups in total. The minimum Gasteiger partial charge on any atom is -0.510 e. The second-order valence-corrected chi connectivity index (χ2v) is 30.5. The maximum absolute atomic E-state index is 10.6. The van der Waals surface area contributed by atoms with Crippen molar-refractivity contribution >= 4 is 32.8 Å². The van der Waals surface area contributed by atoms with Gasteiger partial charge in [0.1, 0.15) is 5.82 Å². The number of benzene rings is 11. The fourth-order valence-corrected chi connectivity index (χ4v) is 14.4. The molecule has 0 bridgehead atoms. The molecule has 6 heteroatoms. The zero-order valence-corrected chi connectivity index (χ0v) is 59.7. The number of rotatable bonds is 8. The van der Waals surface area contributed by atoms with E-state index in [1.165, 1.54) is 11.1 Å². The zero-order chi connectivity index (χ0) is 78.4. The summed E-state index contributed by atoms with van der Waals surface area (Å²) in [5.41, 5.74) is 13.4. The van der Waals surface area contributed by atoms with Gasteiger partial charge in [0.2, 0.25) is 0 Å². The first-order valence-electron chi connectivity index (χ1n) is 39.9. The third-order valence-corrected chi connectivity index (χ3v) is 20.0. The number of imidazole rings is 1. The van der Waals surface area contributed by atoms with Crippen LogP contribution in [0.5, 0.6) is 11.5 Å². The van der Waals surface area contributed by atoms with Crippen molar-refractivity contribution in [2.24, 2.45) is 0 Å². The summed E-state index contributed by atoms with van der Waals surface area (Å²) in [7, 11) is 0. The number of ether oxygens (including phenoxy) is 1. The molecule has 0 fully saturated rings. The Bertz CT molecular complexity index is 6150. The van der Waals surface area contributed by atoms with E-state index in [2.05, 4.69) is 196 Å². The molecule has 0 radical (unpaired) electrons. The molecule has 98 heavy (non-hydrogen) atoms. The number of para-hydroxylation sites is 1. The van der Waals surface area contributed by atoms with Crippen molar-refractivity contribution in [3.63, 3.8) is 0 Å². The third-order valence-electron chi connectivity index (χ3n) is 20.0. The first-order chi connectivity index (χ1) is 51.9. The minimum absolute atomic E-state index is 0. The molecular formula is C92H82N4OPt-2. The normalized spacial score (nSPS) is 15.8. The standard InChI is InChI=1S/C92H82N4O.Pt/c1-88(2,3)65-37-35-60(36-38-65)75-50-67(90(7,8)9)51-79-77-56-81-80(91(10,11)42-43-92(81,12)13)55-76(77)71-31-20-21-32-72(71)78-48-64(63-46-61(58-25-16-14-17-26-58)45-62(47-63)59-27-18-15-19-28-59)49-84-87(78)95(86(75)79)57-94(84)68-29-24-30-69(53-68)97-70-39-40-74-73-33-22-23-34-82(73)96(83(74)54-70)85-52-66(41-44-93-85)89(4,5)6;/h14-41,44-52,55-56H,42-43H2,1-13H3;/q-2;/i14D,15D,16D,17D,18D,19D,25D,26D,27D,28D,45D,46D,47D;. The van der Waals surface area contributed by atoms with E-state index in [0.717, 1.165) is 102 Å². The maximum atomic E-state index is 10.6. The van der Waals surface area contributed by atoms with Gasteiger partial charge in [-0.15, -0.1) is 29.7 Å².